The monoisotopic (exact) mass is 266 g/mol. The third kappa shape index (κ3) is 3.24. The van der Waals surface area contributed by atoms with Crippen molar-refractivity contribution in [3.8, 4) is 0 Å². The predicted octanol–water partition coefficient (Wildman–Crippen LogP) is 1.03. The number of hydrogen-bond acceptors (Lipinski definition) is 4. The molecule has 1 fully saturated rings. The van der Waals surface area contributed by atoms with Crippen LogP contribution in [0.25, 0.3) is 0 Å². The molecule has 0 aliphatic carbocycles. The maximum atomic E-state index is 11.9. The number of carboxylic acid groups (broad SMARTS) is 1. The van der Waals surface area contributed by atoms with Crippen molar-refractivity contribution in [2.45, 2.75) is 6.04 Å². The summed E-state index contributed by atoms with van der Waals surface area (Å²) in [5, 5.41) is 14.7. The van der Waals surface area contributed by atoms with Crippen LogP contribution in [-0.4, -0.2) is 41.1 Å². The van der Waals surface area contributed by atoms with Crippen LogP contribution in [0.3, 0.4) is 0 Å². The van der Waals surface area contributed by atoms with Gasteiger partial charge >= 0.3 is 5.97 Å². The fourth-order valence-electron chi connectivity index (χ4n) is 1.69. The summed E-state index contributed by atoms with van der Waals surface area (Å²) >= 11 is 1.73. The van der Waals surface area contributed by atoms with Gasteiger partial charge in [0.05, 0.1) is 11.6 Å². The second kappa shape index (κ2) is 5.88. The van der Waals surface area contributed by atoms with Crippen LogP contribution in [0, 0.1) is 0 Å². The van der Waals surface area contributed by atoms with Gasteiger partial charge in [-0.05, 0) is 18.2 Å². The molecule has 0 bridgehead atoms. The molecule has 1 aliphatic rings. The minimum Gasteiger partial charge on any atom is -0.478 e. The third-order valence-electron chi connectivity index (χ3n) is 2.62. The van der Waals surface area contributed by atoms with E-state index in [1.165, 1.54) is 12.1 Å². The Hall–Kier alpha value is -1.53. The van der Waals surface area contributed by atoms with Crippen molar-refractivity contribution in [2.75, 3.05) is 23.4 Å². The number of thioether (sulfide) groups is 1. The van der Waals surface area contributed by atoms with Gasteiger partial charge in [0.15, 0.2) is 0 Å². The third-order valence-corrected chi connectivity index (χ3v) is 3.68. The van der Waals surface area contributed by atoms with Crippen LogP contribution in [0.1, 0.15) is 10.4 Å². The number of anilines is 1. The Morgan fingerprint density at radius 1 is 1.44 bits per heavy atom. The lowest BCUT2D eigenvalue weighted by atomic mass is 10.2. The van der Waals surface area contributed by atoms with E-state index in [2.05, 4.69) is 10.6 Å². The SMILES string of the molecule is O=C(O)c1cccc(NC(=O)C2CSCCN2)c1. The Bertz CT molecular complexity index is 458. The maximum Gasteiger partial charge on any atom is 0.335 e. The molecule has 1 aromatic rings. The normalized spacial score (nSPS) is 19.2. The molecule has 96 valence electrons. The van der Waals surface area contributed by atoms with E-state index in [0.717, 1.165) is 18.1 Å². The Morgan fingerprint density at radius 3 is 2.94 bits per heavy atom. The second-order valence-electron chi connectivity index (χ2n) is 3.96. The van der Waals surface area contributed by atoms with Gasteiger partial charge in [-0.15, -0.1) is 0 Å². The molecule has 6 heteroatoms. The van der Waals surface area contributed by atoms with Crippen molar-refractivity contribution in [1.82, 2.24) is 5.32 Å². The van der Waals surface area contributed by atoms with Crippen LogP contribution in [0.5, 0.6) is 0 Å². The lowest BCUT2D eigenvalue weighted by Gasteiger charge is -2.22. The molecule has 18 heavy (non-hydrogen) atoms. The molecular weight excluding hydrogens is 252 g/mol. The molecule has 0 saturated carbocycles. The van der Waals surface area contributed by atoms with Crippen molar-refractivity contribution in [3.05, 3.63) is 29.8 Å². The summed E-state index contributed by atoms with van der Waals surface area (Å²) in [5.41, 5.74) is 0.677. The van der Waals surface area contributed by atoms with E-state index in [1.807, 2.05) is 0 Å². The van der Waals surface area contributed by atoms with Gasteiger partial charge in [0, 0.05) is 23.7 Å². The lowest BCUT2D eigenvalue weighted by Crippen LogP contribution is -2.46. The molecule has 1 unspecified atom stereocenters. The van der Waals surface area contributed by atoms with E-state index in [0.29, 0.717) is 5.69 Å². The number of rotatable bonds is 3. The molecule has 1 heterocycles. The zero-order chi connectivity index (χ0) is 13.0. The number of carbonyl (C=O) groups is 2. The topological polar surface area (TPSA) is 78.4 Å². The molecular formula is C12H14N2O3S. The van der Waals surface area contributed by atoms with Crippen LogP contribution < -0.4 is 10.6 Å². The molecule has 1 amide bonds. The molecule has 3 N–H and O–H groups in total. The number of nitrogens with one attached hydrogen (secondary N) is 2. The lowest BCUT2D eigenvalue weighted by molar-refractivity contribution is -0.117. The zero-order valence-electron chi connectivity index (χ0n) is 9.68. The molecule has 1 aliphatic heterocycles. The first-order valence-electron chi connectivity index (χ1n) is 5.62. The van der Waals surface area contributed by atoms with Gasteiger partial charge in [0.2, 0.25) is 5.91 Å². The fraction of sp³-hybridized carbons (Fsp3) is 0.333. The molecule has 2 rings (SSSR count). The van der Waals surface area contributed by atoms with Gasteiger partial charge in [-0.1, -0.05) is 6.07 Å². The summed E-state index contributed by atoms with van der Waals surface area (Å²) < 4.78 is 0. The predicted molar refractivity (Wildman–Crippen MR) is 71.1 cm³/mol. The van der Waals surface area contributed by atoms with E-state index < -0.39 is 5.97 Å². The molecule has 1 saturated heterocycles. The minimum absolute atomic E-state index is 0.121. The number of amides is 1. The van der Waals surface area contributed by atoms with Gasteiger partial charge < -0.3 is 15.7 Å². The Kier molecular flexibility index (Phi) is 4.22. The maximum absolute atomic E-state index is 11.9. The summed E-state index contributed by atoms with van der Waals surface area (Å²) in [7, 11) is 0. The first-order valence-corrected chi connectivity index (χ1v) is 6.77. The van der Waals surface area contributed by atoms with E-state index in [1.54, 1.807) is 23.9 Å². The smallest absolute Gasteiger partial charge is 0.335 e. The highest BCUT2D eigenvalue weighted by Crippen LogP contribution is 2.13. The van der Waals surface area contributed by atoms with E-state index >= 15 is 0 Å². The van der Waals surface area contributed by atoms with Gasteiger partial charge in [0.25, 0.3) is 0 Å². The van der Waals surface area contributed by atoms with Gasteiger partial charge in [-0.3, -0.25) is 4.79 Å². The zero-order valence-corrected chi connectivity index (χ0v) is 10.5. The number of hydrogen-bond donors (Lipinski definition) is 3. The van der Waals surface area contributed by atoms with Gasteiger partial charge in [-0.2, -0.15) is 11.8 Å². The largest absolute Gasteiger partial charge is 0.478 e. The summed E-state index contributed by atoms with van der Waals surface area (Å²) in [4.78, 5) is 22.7. The van der Waals surface area contributed by atoms with Crippen LogP contribution in [0.15, 0.2) is 24.3 Å². The summed E-state index contributed by atoms with van der Waals surface area (Å²) in [5.74, 6) is 0.630. The number of aromatic carboxylic acids is 1. The standard InChI is InChI=1S/C12H14N2O3S/c15-11(10-7-18-5-4-13-10)14-9-3-1-2-8(6-9)12(16)17/h1-3,6,10,13H,4-5,7H2,(H,14,15)(H,16,17). The van der Waals surface area contributed by atoms with Crippen molar-refractivity contribution in [3.63, 3.8) is 0 Å². The Balaban J connectivity index is 2.02. The van der Waals surface area contributed by atoms with Crippen molar-refractivity contribution in [1.29, 1.82) is 0 Å². The second-order valence-corrected chi connectivity index (χ2v) is 5.11. The van der Waals surface area contributed by atoms with Crippen LogP contribution in [0.2, 0.25) is 0 Å². The number of carboxylic acids is 1. The average molecular weight is 266 g/mol. The van der Waals surface area contributed by atoms with E-state index in [4.69, 9.17) is 5.11 Å². The van der Waals surface area contributed by atoms with Crippen LogP contribution in [-0.2, 0) is 4.79 Å². The summed E-state index contributed by atoms with van der Waals surface area (Å²) in [6.45, 7) is 0.817. The Labute approximate surface area is 109 Å². The average Bonchev–Trinajstić information content (AvgIpc) is 2.40. The molecule has 0 spiro atoms. The van der Waals surface area contributed by atoms with Crippen molar-refractivity contribution < 1.29 is 14.7 Å². The highest BCUT2D eigenvalue weighted by Gasteiger charge is 2.20. The van der Waals surface area contributed by atoms with Gasteiger partial charge in [0.1, 0.15) is 0 Å². The quantitative estimate of drug-likeness (QED) is 0.761. The van der Waals surface area contributed by atoms with Gasteiger partial charge in [-0.25, -0.2) is 4.79 Å². The van der Waals surface area contributed by atoms with Crippen LogP contribution in [0.4, 0.5) is 5.69 Å². The summed E-state index contributed by atoms with van der Waals surface area (Å²) in [6.07, 6.45) is 0. The van der Waals surface area contributed by atoms with E-state index in [9.17, 15) is 9.59 Å². The Morgan fingerprint density at radius 2 is 2.28 bits per heavy atom. The molecule has 5 nitrogen and oxygen atoms in total. The molecule has 0 radical (unpaired) electrons. The molecule has 1 atom stereocenters. The number of carbonyl (C=O) groups excluding carboxylic acids is 1. The number of benzene rings is 1. The van der Waals surface area contributed by atoms with Crippen LogP contribution >= 0.6 is 11.8 Å². The highest BCUT2D eigenvalue weighted by molar-refractivity contribution is 7.99. The first kappa shape index (κ1) is 12.9. The van der Waals surface area contributed by atoms with E-state index in [-0.39, 0.29) is 17.5 Å². The summed E-state index contributed by atoms with van der Waals surface area (Å²) in [6, 6.07) is 6.03. The first-order chi connectivity index (χ1) is 8.66. The van der Waals surface area contributed by atoms with Crippen molar-refractivity contribution >= 4 is 29.3 Å². The van der Waals surface area contributed by atoms with Crippen molar-refractivity contribution in [2.24, 2.45) is 0 Å². The minimum atomic E-state index is -1.00. The highest BCUT2D eigenvalue weighted by atomic mass is 32.2. The fourth-order valence-corrected chi connectivity index (χ4v) is 2.63. The molecule has 0 aromatic heterocycles. The molecule has 1 aromatic carbocycles.